The maximum atomic E-state index is 12.8. The minimum absolute atomic E-state index is 0.523. The molecule has 2 aromatic carbocycles. The molecular formula is C26H30F6O6S2. The Labute approximate surface area is 229 Å². The smallest absolute Gasteiger partial charge is 0.376 e. The lowest BCUT2D eigenvalue weighted by molar-refractivity contribution is -0.0504. The van der Waals surface area contributed by atoms with E-state index >= 15 is 0 Å². The molecule has 6 nitrogen and oxygen atoms in total. The minimum atomic E-state index is -5.86. The molecule has 1 aliphatic rings. The van der Waals surface area contributed by atoms with Crippen LogP contribution in [0.4, 0.5) is 26.3 Å². The van der Waals surface area contributed by atoms with Crippen LogP contribution in [-0.4, -0.2) is 27.9 Å². The molecule has 0 N–H and O–H groups in total. The second kappa shape index (κ2) is 12.6. The van der Waals surface area contributed by atoms with E-state index in [2.05, 4.69) is 8.37 Å². The van der Waals surface area contributed by atoms with Crippen LogP contribution in [0.5, 0.6) is 11.5 Å². The van der Waals surface area contributed by atoms with E-state index in [0.717, 1.165) is 82.1 Å². The predicted molar refractivity (Wildman–Crippen MR) is 136 cm³/mol. The first-order valence-electron chi connectivity index (χ1n) is 12.8. The van der Waals surface area contributed by atoms with Gasteiger partial charge < -0.3 is 8.37 Å². The van der Waals surface area contributed by atoms with Gasteiger partial charge in [-0.3, -0.25) is 0 Å². The highest BCUT2D eigenvalue weighted by atomic mass is 32.2. The third-order valence-electron chi connectivity index (χ3n) is 7.00. The molecule has 0 atom stereocenters. The van der Waals surface area contributed by atoms with Gasteiger partial charge in [0.2, 0.25) is 0 Å². The summed E-state index contributed by atoms with van der Waals surface area (Å²) in [6.45, 7) is 0. The zero-order valence-electron chi connectivity index (χ0n) is 21.4. The van der Waals surface area contributed by atoms with Crippen molar-refractivity contribution in [3.63, 3.8) is 0 Å². The van der Waals surface area contributed by atoms with E-state index in [1.807, 2.05) is 0 Å². The zero-order chi connectivity index (χ0) is 29.7. The highest BCUT2D eigenvalue weighted by Crippen LogP contribution is 2.44. The van der Waals surface area contributed by atoms with Gasteiger partial charge in [0.05, 0.1) is 0 Å². The van der Waals surface area contributed by atoms with E-state index in [1.165, 1.54) is 24.3 Å². The number of hydrogen-bond acceptors (Lipinski definition) is 6. The Bertz CT molecular complexity index is 1220. The molecule has 40 heavy (non-hydrogen) atoms. The first-order valence-corrected chi connectivity index (χ1v) is 15.6. The topological polar surface area (TPSA) is 86.7 Å². The molecule has 3 rings (SSSR count). The van der Waals surface area contributed by atoms with Gasteiger partial charge in [-0.05, 0) is 48.2 Å². The SMILES string of the molecule is O=S(=O)(Oc1ccc(C2(c3ccc(OS(=O)(=O)C(F)(F)F)cc3)CCCCCCCCCCC2)cc1)C(F)(F)F. The van der Waals surface area contributed by atoms with Crippen LogP contribution < -0.4 is 8.37 Å². The van der Waals surface area contributed by atoms with Crippen LogP contribution in [0.2, 0.25) is 0 Å². The van der Waals surface area contributed by atoms with Gasteiger partial charge in [-0.25, -0.2) is 0 Å². The summed E-state index contributed by atoms with van der Waals surface area (Å²) in [7, 11) is -11.7. The van der Waals surface area contributed by atoms with Crippen molar-refractivity contribution in [2.45, 2.75) is 87.1 Å². The second-order valence-electron chi connectivity index (χ2n) is 9.78. The molecule has 0 aliphatic heterocycles. The fourth-order valence-electron chi connectivity index (χ4n) is 4.97. The van der Waals surface area contributed by atoms with Crippen LogP contribution in [-0.2, 0) is 25.7 Å². The quantitative estimate of drug-likeness (QED) is 0.188. The molecule has 1 saturated carbocycles. The number of halogens is 6. The van der Waals surface area contributed by atoms with Gasteiger partial charge >= 0.3 is 31.3 Å². The second-order valence-corrected chi connectivity index (χ2v) is 12.9. The van der Waals surface area contributed by atoms with Crippen LogP contribution in [0.1, 0.15) is 81.8 Å². The molecule has 0 heterocycles. The van der Waals surface area contributed by atoms with Crippen molar-refractivity contribution in [2.24, 2.45) is 0 Å². The normalized spacial score (nSPS) is 18.2. The first-order chi connectivity index (χ1) is 18.6. The Morgan fingerprint density at radius 1 is 0.500 bits per heavy atom. The van der Waals surface area contributed by atoms with Gasteiger partial charge in [-0.2, -0.15) is 43.2 Å². The third-order valence-corrected chi connectivity index (χ3v) is 8.96. The maximum Gasteiger partial charge on any atom is 0.534 e. The number of benzene rings is 2. The predicted octanol–water partition coefficient (Wildman–Crippen LogP) is 7.73. The van der Waals surface area contributed by atoms with Crippen LogP contribution >= 0.6 is 0 Å². The van der Waals surface area contributed by atoms with Gasteiger partial charge in [-0.1, -0.05) is 82.1 Å². The third kappa shape index (κ3) is 7.83. The van der Waals surface area contributed by atoms with Crippen LogP contribution in [0.3, 0.4) is 0 Å². The summed E-state index contributed by atoms with van der Waals surface area (Å²) in [5, 5.41) is 0. The molecule has 0 radical (unpaired) electrons. The molecule has 14 heteroatoms. The Morgan fingerprint density at radius 2 is 0.775 bits per heavy atom. The molecule has 0 saturated heterocycles. The molecule has 0 aromatic heterocycles. The zero-order valence-corrected chi connectivity index (χ0v) is 23.1. The van der Waals surface area contributed by atoms with Crippen LogP contribution in [0.25, 0.3) is 0 Å². The van der Waals surface area contributed by atoms with Crippen molar-refractivity contribution in [2.75, 3.05) is 0 Å². The lowest BCUT2D eigenvalue weighted by atomic mass is 9.67. The van der Waals surface area contributed by atoms with Gasteiger partial charge in [0, 0.05) is 5.41 Å². The van der Waals surface area contributed by atoms with Gasteiger partial charge in [0.15, 0.2) is 0 Å². The van der Waals surface area contributed by atoms with Gasteiger partial charge in [0.1, 0.15) is 11.5 Å². The molecule has 1 fully saturated rings. The van der Waals surface area contributed by atoms with Crippen molar-refractivity contribution >= 4 is 20.2 Å². The van der Waals surface area contributed by atoms with Crippen molar-refractivity contribution in [3.8, 4) is 11.5 Å². The Balaban J connectivity index is 2.01. The van der Waals surface area contributed by atoms with E-state index in [9.17, 15) is 43.2 Å². The Hall–Kier alpha value is -2.48. The van der Waals surface area contributed by atoms with Crippen molar-refractivity contribution in [1.29, 1.82) is 0 Å². The van der Waals surface area contributed by atoms with E-state index in [1.54, 1.807) is 0 Å². The summed E-state index contributed by atoms with van der Waals surface area (Å²) in [6, 6.07) is 10.4. The van der Waals surface area contributed by atoms with Crippen LogP contribution in [0, 0.1) is 0 Å². The lowest BCUT2D eigenvalue weighted by Crippen LogP contribution is -2.29. The molecule has 0 unspecified atom stereocenters. The van der Waals surface area contributed by atoms with Crippen molar-refractivity contribution in [1.82, 2.24) is 0 Å². The first kappa shape index (κ1) is 32.0. The van der Waals surface area contributed by atoms with Gasteiger partial charge in [-0.15, -0.1) is 0 Å². The van der Waals surface area contributed by atoms with E-state index in [-0.39, 0.29) is 0 Å². The number of alkyl halides is 6. The summed E-state index contributed by atoms with van der Waals surface area (Å²) < 4.78 is 131. The average molecular weight is 617 g/mol. The van der Waals surface area contributed by atoms with Gasteiger partial charge in [0.25, 0.3) is 0 Å². The highest BCUT2D eigenvalue weighted by molar-refractivity contribution is 7.88. The average Bonchev–Trinajstić information content (AvgIpc) is 2.84. The highest BCUT2D eigenvalue weighted by Gasteiger charge is 2.49. The molecule has 224 valence electrons. The molecule has 2 aromatic rings. The molecule has 1 aliphatic carbocycles. The van der Waals surface area contributed by atoms with E-state index in [0.29, 0.717) is 24.0 Å². The summed E-state index contributed by atoms with van der Waals surface area (Å²) >= 11 is 0. The number of rotatable bonds is 6. The Morgan fingerprint density at radius 3 is 1.05 bits per heavy atom. The monoisotopic (exact) mass is 616 g/mol. The van der Waals surface area contributed by atoms with Crippen molar-refractivity contribution < 1.29 is 51.5 Å². The van der Waals surface area contributed by atoms with E-state index < -0.39 is 48.2 Å². The molecule has 0 bridgehead atoms. The molecule has 0 spiro atoms. The maximum absolute atomic E-state index is 12.8. The molecular weight excluding hydrogens is 586 g/mol. The Kier molecular flexibility index (Phi) is 10.1. The largest absolute Gasteiger partial charge is 0.534 e. The minimum Gasteiger partial charge on any atom is -0.376 e. The summed E-state index contributed by atoms with van der Waals surface area (Å²) in [4.78, 5) is 0. The fourth-order valence-corrected chi connectivity index (χ4v) is 5.88. The fraction of sp³-hybridized carbons (Fsp3) is 0.538. The summed E-state index contributed by atoms with van der Waals surface area (Å²) in [5.41, 5.74) is -10.6. The standard InChI is InChI=1S/C26H30F6O6S2/c27-25(28,29)39(33,34)37-22-14-10-20(11-15-22)24(18-8-6-4-2-1-3-5-7-9-19-24)21-12-16-23(17-13-21)38-40(35,36)26(30,31)32/h10-17H,1-9,18-19H2. The molecule has 0 amide bonds. The number of hydrogen-bond donors (Lipinski definition) is 0. The summed E-state index contributed by atoms with van der Waals surface area (Å²) in [6.07, 6.45) is 9.93. The van der Waals surface area contributed by atoms with Crippen LogP contribution in [0.15, 0.2) is 48.5 Å². The van der Waals surface area contributed by atoms with Crippen molar-refractivity contribution in [3.05, 3.63) is 59.7 Å². The summed E-state index contributed by atoms with van der Waals surface area (Å²) in [5.74, 6) is -1.05. The lowest BCUT2D eigenvalue weighted by Gasteiger charge is -2.36. The van der Waals surface area contributed by atoms with E-state index in [4.69, 9.17) is 0 Å².